The number of hydrogen-bond acceptors (Lipinski definition) is 5. The number of ether oxygens (including phenoxy) is 1. The number of anilines is 2. The van der Waals surface area contributed by atoms with Crippen LogP contribution in [0.1, 0.15) is 11.9 Å². The summed E-state index contributed by atoms with van der Waals surface area (Å²) in [6, 6.07) is 12.8. The molecule has 0 saturated carbocycles. The molecular weight excluding hydrogens is 322 g/mol. The van der Waals surface area contributed by atoms with Gasteiger partial charge in [0.05, 0.1) is 22.3 Å². The molecule has 0 aliphatic rings. The molecule has 0 bridgehead atoms. The van der Waals surface area contributed by atoms with E-state index < -0.39 is 0 Å². The third-order valence-electron chi connectivity index (χ3n) is 3.63. The minimum absolute atomic E-state index is 0.0965. The number of aromatic nitrogens is 1. The SMILES string of the molecule is COc1ccc(NC(=O)[C@H](C)Nc2ccc3nc(C)sc3c2)cc1. The molecule has 0 aliphatic carbocycles. The Morgan fingerprint density at radius 3 is 2.58 bits per heavy atom. The summed E-state index contributed by atoms with van der Waals surface area (Å²) < 4.78 is 6.22. The zero-order valence-corrected chi connectivity index (χ0v) is 14.6. The second kappa shape index (κ2) is 6.88. The minimum atomic E-state index is -0.362. The topological polar surface area (TPSA) is 63.2 Å². The van der Waals surface area contributed by atoms with Crippen LogP contribution in [0.3, 0.4) is 0 Å². The lowest BCUT2D eigenvalue weighted by Gasteiger charge is -2.15. The monoisotopic (exact) mass is 341 g/mol. The Balaban J connectivity index is 1.65. The van der Waals surface area contributed by atoms with E-state index in [9.17, 15) is 4.79 Å². The summed E-state index contributed by atoms with van der Waals surface area (Å²) in [5, 5.41) is 7.15. The normalized spacial score (nSPS) is 12.0. The van der Waals surface area contributed by atoms with Crippen LogP contribution in [0.4, 0.5) is 11.4 Å². The molecule has 3 rings (SSSR count). The van der Waals surface area contributed by atoms with E-state index in [1.54, 1.807) is 18.4 Å². The molecule has 0 saturated heterocycles. The molecule has 6 heteroatoms. The quantitative estimate of drug-likeness (QED) is 0.735. The zero-order valence-electron chi connectivity index (χ0n) is 13.8. The second-order valence-electron chi connectivity index (χ2n) is 5.50. The van der Waals surface area contributed by atoms with Crippen LogP contribution in [-0.4, -0.2) is 24.0 Å². The number of methoxy groups -OCH3 is 1. The standard InChI is InChI=1S/C18H19N3O2S/c1-11(18(22)21-13-4-7-15(23-3)8-5-13)19-14-6-9-16-17(10-14)24-12(2)20-16/h4-11,19H,1-3H3,(H,21,22)/t11-/m0/s1. The van der Waals surface area contributed by atoms with Gasteiger partial charge >= 0.3 is 0 Å². The maximum atomic E-state index is 12.3. The van der Waals surface area contributed by atoms with Gasteiger partial charge in [0.15, 0.2) is 0 Å². The Bertz CT molecular complexity index is 858. The number of rotatable bonds is 5. The van der Waals surface area contributed by atoms with Gasteiger partial charge in [0.25, 0.3) is 0 Å². The van der Waals surface area contributed by atoms with E-state index in [2.05, 4.69) is 15.6 Å². The molecule has 1 amide bonds. The first-order valence-corrected chi connectivity index (χ1v) is 8.45. The number of aryl methyl sites for hydroxylation is 1. The molecule has 1 heterocycles. The van der Waals surface area contributed by atoms with Crippen LogP contribution in [-0.2, 0) is 4.79 Å². The van der Waals surface area contributed by atoms with Crippen molar-refractivity contribution in [3.8, 4) is 5.75 Å². The molecule has 2 aromatic carbocycles. The van der Waals surface area contributed by atoms with Crippen LogP contribution in [0.2, 0.25) is 0 Å². The largest absolute Gasteiger partial charge is 0.497 e. The van der Waals surface area contributed by atoms with Gasteiger partial charge in [-0.05, 0) is 56.3 Å². The fourth-order valence-electron chi connectivity index (χ4n) is 2.37. The summed E-state index contributed by atoms with van der Waals surface area (Å²) in [5.74, 6) is 0.660. The van der Waals surface area contributed by atoms with Gasteiger partial charge in [-0.2, -0.15) is 0 Å². The van der Waals surface area contributed by atoms with Gasteiger partial charge in [0.1, 0.15) is 11.8 Å². The first-order chi connectivity index (χ1) is 11.5. The number of nitrogens with one attached hydrogen (secondary N) is 2. The Morgan fingerprint density at radius 2 is 1.88 bits per heavy atom. The third kappa shape index (κ3) is 3.65. The average molecular weight is 341 g/mol. The lowest BCUT2D eigenvalue weighted by Crippen LogP contribution is -2.31. The molecule has 124 valence electrons. The number of nitrogens with zero attached hydrogens (tertiary/aromatic N) is 1. The molecule has 0 radical (unpaired) electrons. The van der Waals surface area contributed by atoms with Crippen molar-refractivity contribution in [2.45, 2.75) is 19.9 Å². The molecule has 3 aromatic rings. The third-order valence-corrected chi connectivity index (χ3v) is 4.56. The van der Waals surface area contributed by atoms with Crippen molar-refractivity contribution < 1.29 is 9.53 Å². The predicted octanol–water partition coefficient (Wildman–Crippen LogP) is 4.05. The van der Waals surface area contributed by atoms with Crippen molar-refractivity contribution >= 4 is 38.8 Å². The van der Waals surface area contributed by atoms with Crippen LogP contribution in [0.15, 0.2) is 42.5 Å². The van der Waals surface area contributed by atoms with Crippen molar-refractivity contribution in [1.29, 1.82) is 0 Å². The van der Waals surface area contributed by atoms with Gasteiger partial charge in [-0.25, -0.2) is 4.98 Å². The van der Waals surface area contributed by atoms with E-state index in [0.717, 1.165) is 32.3 Å². The lowest BCUT2D eigenvalue weighted by molar-refractivity contribution is -0.116. The molecule has 5 nitrogen and oxygen atoms in total. The maximum Gasteiger partial charge on any atom is 0.246 e. The lowest BCUT2D eigenvalue weighted by atomic mass is 10.2. The van der Waals surface area contributed by atoms with Crippen LogP contribution >= 0.6 is 11.3 Å². The van der Waals surface area contributed by atoms with E-state index in [1.165, 1.54) is 0 Å². The van der Waals surface area contributed by atoms with Crippen LogP contribution in [0.25, 0.3) is 10.2 Å². The van der Waals surface area contributed by atoms with Gasteiger partial charge in [-0.15, -0.1) is 11.3 Å². The van der Waals surface area contributed by atoms with E-state index in [4.69, 9.17) is 4.74 Å². The van der Waals surface area contributed by atoms with Crippen molar-refractivity contribution in [2.75, 3.05) is 17.7 Å². The second-order valence-corrected chi connectivity index (χ2v) is 6.73. The fraction of sp³-hybridized carbons (Fsp3) is 0.222. The van der Waals surface area contributed by atoms with Crippen LogP contribution < -0.4 is 15.4 Å². The van der Waals surface area contributed by atoms with Gasteiger partial charge < -0.3 is 15.4 Å². The number of amides is 1. The zero-order chi connectivity index (χ0) is 17.1. The van der Waals surface area contributed by atoms with Crippen molar-refractivity contribution in [3.63, 3.8) is 0 Å². The maximum absolute atomic E-state index is 12.3. The van der Waals surface area contributed by atoms with Crippen LogP contribution in [0, 0.1) is 6.92 Å². The van der Waals surface area contributed by atoms with E-state index in [0.29, 0.717) is 0 Å². The Kier molecular flexibility index (Phi) is 4.66. The molecule has 24 heavy (non-hydrogen) atoms. The molecular formula is C18H19N3O2S. The summed E-state index contributed by atoms with van der Waals surface area (Å²) in [6.45, 7) is 3.82. The highest BCUT2D eigenvalue weighted by molar-refractivity contribution is 7.18. The summed E-state index contributed by atoms with van der Waals surface area (Å²) in [7, 11) is 1.61. The molecule has 1 aromatic heterocycles. The van der Waals surface area contributed by atoms with Gasteiger partial charge in [-0.3, -0.25) is 4.79 Å². The van der Waals surface area contributed by atoms with E-state index >= 15 is 0 Å². The molecule has 0 fully saturated rings. The number of benzene rings is 2. The first-order valence-electron chi connectivity index (χ1n) is 7.64. The predicted molar refractivity (Wildman–Crippen MR) is 99.1 cm³/mol. The number of carbonyl (C=O) groups excluding carboxylic acids is 1. The Hall–Kier alpha value is -2.60. The van der Waals surface area contributed by atoms with Gasteiger partial charge in [-0.1, -0.05) is 0 Å². The van der Waals surface area contributed by atoms with Gasteiger partial charge in [0.2, 0.25) is 5.91 Å². The van der Waals surface area contributed by atoms with Crippen molar-refractivity contribution in [1.82, 2.24) is 4.98 Å². The van der Waals surface area contributed by atoms with E-state index in [-0.39, 0.29) is 11.9 Å². The summed E-state index contributed by atoms with van der Waals surface area (Å²) in [4.78, 5) is 16.8. The fourth-order valence-corrected chi connectivity index (χ4v) is 3.24. The highest BCUT2D eigenvalue weighted by atomic mass is 32.1. The summed E-state index contributed by atoms with van der Waals surface area (Å²) >= 11 is 1.64. The highest BCUT2D eigenvalue weighted by Crippen LogP contribution is 2.25. The average Bonchev–Trinajstić information content (AvgIpc) is 2.94. The Morgan fingerprint density at radius 1 is 1.17 bits per heavy atom. The van der Waals surface area contributed by atoms with Crippen molar-refractivity contribution in [3.05, 3.63) is 47.5 Å². The number of hydrogen-bond donors (Lipinski definition) is 2. The van der Waals surface area contributed by atoms with E-state index in [1.807, 2.05) is 56.3 Å². The minimum Gasteiger partial charge on any atom is -0.497 e. The summed E-state index contributed by atoms with van der Waals surface area (Å²) in [6.07, 6.45) is 0. The summed E-state index contributed by atoms with van der Waals surface area (Å²) in [5.41, 5.74) is 2.63. The van der Waals surface area contributed by atoms with Crippen LogP contribution in [0.5, 0.6) is 5.75 Å². The molecule has 2 N–H and O–H groups in total. The molecule has 0 unspecified atom stereocenters. The number of fused-ring (bicyclic) bond motifs is 1. The van der Waals surface area contributed by atoms with Gasteiger partial charge in [0, 0.05) is 11.4 Å². The van der Waals surface area contributed by atoms with Crippen molar-refractivity contribution in [2.24, 2.45) is 0 Å². The number of carbonyl (C=O) groups is 1. The highest BCUT2D eigenvalue weighted by Gasteiger charge is 2.13. The smallest absolute Gasteiger partial charge is 0.246 e. The molecule has 1 atom stereocenters. The molecule has 0 aliphatic heterocycles. The Labute approximate surface area is 144 Å². The molecule has 0 spiro atoms. The number of thiazole rings is 1. The first kappa shape index (κ1) is 16.3.